The molecular formula is C11H9N3O4. The molecule has 1 aliphatic rings. The van der Waals surface area contributed by atoms with Gasteiger partial charge in [0.2, 0.25) is 0 Å². The van der Waals surface area contributed by atoms with E-state index in [0.29, 0.717) is 11.3 Å². The van der Waals surface area contributed by atoms with Crippen LogP contribution >= 0.6 is 0 Å². The molecule has 0 bridgehead atoms. The number of nitro benzene ring substituents is 1. The summed E-state index contributed by atoms with van der Waals surface area (Å²) >= 11 is 0. The Morgan fingerprint density at radius 2 is 2.06 bits per heavy atom. The molecule has 1 aromatic carbocycles. The highest BCUT2D eigenvalue weighted by Gasteiger charge is 2.23. The highest BCUT2D eigenvalue weighted by molar-refractivity contribution is 5.67. The Bertz CT molecular complexity index is 548. The minimum atomic E-state index is -0.519. The van der Waals surface area contributed by atoms with Crippen molar-refractivity contribution in [3.05, 3.63) is 51.9 Å². The molecule has 0 N–H and O–H groups in total. The third-order valence-electron chi connectivity index (χ3n) is 2.32. The van der Waals surface area contributed by atoms with Crippen LogP contribution in [0.1, 0.15) is 18.5 Å². The van der Waals surface area contributed by atoms with E-state index in [1.165, 1.54) is 25.3 Å². The lowest BCUT2D eigenvalue weighted by atomic mass is 10.1. The smallest absolute Gasteiger partial charge is 0.307 e. The number of nitrogens with zero attached hydrogens (tertiary/aromatic N) is 3. The summed E-state index contributed by atoms with van der Waals surface area (Å²) in [7, 11) is 0. The van der Waals surface area contributed by atoms with Crippen LogP contribution in [-0.4, -0.2) is 10.9 Å². The van der Waals surface area contributed by atoms with Gasteiger partial charge in [-0.25, -0.2) is 0 Å². The van der Waals surface area contributed by atoms with Crippen molar-refractivity contribution in [1.82, 2.24) is 0 Å². The Balaban J connectivity index is 2.21. The van der Waals surface area contributed by atoms with Gasteiger partial charge in [-0.15, -0.1) is 0 Å². The average Bonchev–Trinajstić information content (AvgIpc) is 2.76. The molecule has 1 unspecified atom stereocenters. The van der Waals surface area contributed by atoms with Crippen molar-refractivity contribution in [2.75, 3.05) is 0 Å². The number of azo groups is 1. The van der Waals surface area contributed by atoms with Crippen molar-refractivity contribution < 1.29 is 14.5 Å². The zero-order valence-corrected chi connectivity index (χ0v) is 9.44. The molecule has 0 saturated heterocycles. The van der Waals surface area contributed by atoms with Crippen LogP contribution in [-0.2, 0) is 9.53 Å². The Kier molecular flexibility index (Phi) is 3.13. The number of hydrogen-bond acceptors (Lipinski definition) is 6. The Hall–Kier alpha value is -2.57. The molecule has 0 spiro atoms. The number of carbonyl (C=O) groups excluding carboxylic acids is 1. The lowest BCUT2D eigenvalue weighted by molar-refractivity contribution is -0.384. The molecule has 0 aromatic heterocycles. The van der Waals surface area contributed by atoms with Crippen molar-refractivity contribution in [3.63, 3.8) is 0 Å². The van der Waals surface area contributed by atoms with Crippen LogP contribution in [0, 0.1) is 10.1 Å². The number of rotatable bonds is 3. The molecule has 7 nitrogen and oxygen atoms in total. The summed E-state index contributed by atoms with van der Waals surface area (Å²) in [5, 5.41) is 18.1. The van der Waals surface area contributed by atoms with Crippen molar-refractivity contribution >= 4 is 11.7 Å². The Morgan fingerprint density at radius 1 is 1.39 bits per heavy atom. The average molecular weight is 247 g/mol. The minimum Gasteiger partial charge on any atom is -0.427 e. The first kappa shape index (κ1) is 11.9. The van der Waals surface area contributed by atoms with E-state index in [4.69, 9.17) is 4.74 Å². The summed E-state index contributed by atoms with van der Waals surface area (Å²) in [6.07, 6.45) is 1.35. The molecule has 0 amide bonds. The number of hydrogen-bond donors (Lipinski definition) is 0. The van der Waals surface area contributed by atoms with Gasteiger partial charge in [-0.05, 0) is 17.7 Å². The SMILES string of the molecule is CC(=O)OC1=CN=NC1c1ccc([N+](=O)[O-])cc1. The number of benzene rings is 1. The van der Waals surface area contributed by atoms with E-state index in [0.717, 1.165) is 0 Å². The van der Waals surface area contributed by atoms with E-state index in [2.05, 4.69) is 10.2 Å². The summed E-state index contributed by atoms with van der Waals surface area (Å²) in [5.41, 5.74) is 0.668. The van der Waals surface area contributed by atoms with Crippen LogP contribution in [0.3, 0.4) is 0 Å². The van der Waals surface area contributed by atoms with Gasteiger partial charge in [0.25, 0.3) is 5.69 Å². The van der Waals surface area contributed by atoms with Gasteiger partial charge in [0.1, 0.15) is 0 Å². The lowest BCUT2D eigenvalue weighted by Gasteiger charge is -2.10. The van der Waals surface area contributed by atoms with Crippen molar-refractivity contribution in [2.24, 2.45) is 10.2 Å². The van der Waals surface area contributed by atoms with Gasteiger partial charge in [0.15, 0.2) is 11.8 Å². The zero-order chi connectivity index (χ0) is 13.1. The fourth-order valence-corrected chi connectivity index (χ4v) is 1.54. The molecule has 1 heterocycles. The summed E-state index contributed by atoms with van der Waals surface area (Å²) < 4.78 is 4.96. The van der Waals surface area contributed by atoms with E-state index >= 15 is 0 Å². The molecule has 18 heavy (non-hydrogen) atoms. The standard InChI is InChI=1S/C11H9N3O4/c1-7(15)18-10-6-12-13-11(10)8-2-4-9(5-3-8)14(16)17/h2-6,11H,1H3. The quantitative estimate of drug-likeness (QED) is 0.465. The van der Waals surface area contributed by atoms with Crippen LogP contribution < -0.4 is 0 Å². The predicted molar refractivity (Wildman–Crippen MR) is 60.5 cm³/mol. The van der Waals surface area contributed by atoms with Crippen LogP contribution in [0.15, 0.2) is 46.5 Å². The molecular weight excluding hydrogens is 238 g/mol. The first-order valence-electron chi connectivity index (χ1n) is 5.10. The third kappa shape index (κ3) is 2.40. The van der Waals surface area contributed by atoms with Gasteiger partial charge < -0.3 is 4.74 Å². The monoisotopic (exact) mass is 247 g/mol. The highest BCUT2D eigenvalue weighted by atomic mass is 16.6. The molecule has 7 heteroatoms. The maximum absolute atomic E-state index is 10.9. The molecule has 2 rings (SSSR count). The molecule has 92 valence electrons. The predicted octanol–water partition coefficient (Wildman–Crippen LogP) is 2.51. The van der Waals surface area contributed by atoms with Gasteiger partial charge in [0, 0.05) is 19.1 Å². The third-order valence-corrected chi connectivity index (χ3v) is 2.32. The van der Waals surface area contributed by atoms with E-state index in [-0.39, 0.29) is 5.69 Å². The van der Waals surface area contributed by atoms with Crippen LogP contribution in [0.2, 0.25) is 0 Å². The second-order valence-electron chi connectivity index (χ2n) is 3.61. The second kappa shape index (κ2) is 4.74. The lowest BCUT2D eigenvalue weighted by Crippen LogP contribution is -2.05. The topological polar surface area (TPSA) is 94.2 Å². The van der Waals surface area contributed by atoms with E-state index < -0.39 is 16.9 Å². The number of esters is 1. The van der Waals surface area contributed by atoms with Gasteiger partial charge in [-0.1, -0.05) is 0 Å². The molecule has 0 radical (unpaired) electrons. The summed E-state index contributed by atoms with van der Waals surface area (Å²) in [6.45, 7) is 1.28. The molecule has 1 aliphatic heterocycles. The minimum absolute atomic E-state index is 0.00768. The number of nitro groups is 1. The first-order chi connectivity index (χ1) is 8.58. The van der Waals surface area contributed by atoms with Crippen molar-refractivity contribution in [3.8, 4) is 0 Å². The van der Waals surface area contributed by atoms with Crippen molar-refractivity contribution in [1.29, 1.82) is 0 Å². The van der Waals surface area contributed by atoms with Crippen LogP contribution in [0.25, 0.3) is 0 Å². The van der Waals surface area contributed by atoms with Gasteiger partial charge in [-0.2, -0.15) is 10.2 Å². The highest BCUT2D eigenvalue weighted by Crippen LogP contribution is 2.32. The first-order valence-corrected chi connectivity index (χ1v) is 5.10. The van der Waals surface area contributed by atoms with Gasteiger partial charge in [-0.3, -0.25) is 14.9 Å². The fourth-order valence-electron chi connectivity index (χ4n) is 1.54. The summed E-state index contributed by atoms with van der Waals surface area (Å²) in [5.74, 6) is -0.142. The zero-order valence-electron chi connectivity index (χ0n) is 9.44. The maximum Gasteiger partial charge on any atom is 0.307 e. The Labute approximate surface area is 102 Å². The molecule has 1 atom stereocenters. The fraction of sp³-hybridized carbons (Fsp3) is 0.182. The molecule has 1 aromatic rings. The summed E-state index contributed by atoms with van der Waals surface area (Å²) in [6, 6.07) is 5.34. The van der Waals surface area contributed by atoms with E-state index in [1.807, 2.05) is 0 Å². The number of carbonyl (C=O) groups is 1. The molecule has 0 saturated carbocycles. The van der Waals surface area contributed by atoms with E-state index in [1.54, 1.807) is 12.1 Å². The van der Waals surface area contributed by atoms with E-state index in [9.17, 15) is 14.9 Å². The van der Waals surface area contributed by atoms with Gasteiger partial charge >= 0.3 is 5.97 Å². The Morgan fingerprint density at radius 3 is 2.61 bits per heavy atom. The second-order valence-corrected chi connectivity index (χ2v) is 3.61. The van der Waals surface area contributed by atoms with Crippen LogP contribution in [0.5, 0.6) is 0 Å². The largest absolute Gasteiger partial charge is 0.427 e. The van der Waals surface area contributed by atoms with Gasteiger partial charge in [0.05, 0.1) is 11.1 Å². The normalized spacial score (nSPS) is 17.4. The maximum atomic E-state index is 10.9. The number of ether oxygens (including phenoxy) is 1. The number of non-ortho nitro benzene ring substituents is 1. The van der Waals surface area contributed by atoms with Crippen molar-refractivity contribution in [2.45, 2.75) is 13.0 Å². The van der Waals surface area contributed by atoms with Crippen LogP contribution in [0.4, 0.5) is 5.69 Å². The molecule has 0 fully saturated rings. The molecule has 0 aliphatic carbocycles. The summed E-state index contributed by atoms with van der Waals surface area (Å²) in [4.78, 5) is 20.9.